The number of hydrogen-bond donors (Lipinski definition) is 1. The monoisotopic (exact) mass is 230 g/mol. The number of hydrogen-bond acceptors (Lipinski definition) is 3. The van der Waals surface area contributed by atoms with Crippen molar-refractivity contribution in [3.05, 3.63) is 28.8 Å². The van der Waals surface area contributed by atoms with Crippen LogP contribution in [0.1, 0.15) is 23.2 Å². The van der Waals surface area contributed by atoms with Crippen molar-refractivity contribution in [3.8, 4) is 6.07 Å². The number of carbonyl (C=O) groups is 1. The van der Waals surface area contributed by atoms with Crippen LogP contribution in [-0.4, -0.2) is 16.1 Å². The zero-order chi connectivity index (χ0) is 12.3. The number of pyridine rings is 1. The van der Waals surface area contributed by atoms with Gasteiger partial charge in [0.25, 0.3) is 6.43 Å². The largest absolute Gasteiger partial charge is 0.481 e. The molecular formula is C9H5F3N2O2. The Hall–Kier alpha value is -2.10. The van der Waals surface area contributed by atoms with E-state index in [1.54, 1.807) is 0 Å². The molecule has 16 heavy (non-hydrogen) atoms. The van der Waals surface area contributed by atoms with Gasteiger partial charge in [0, 0.05) is 0 Å². The Labute approximate surface area is 88.0 Å². The summed E-state index contributed by atoms with van der Waals surface area (Å²) in [6.07, 6.45) is -3.79. The Morgan fingerprint density at radius 3 is 2.69 bits per heavy atom. The van der Waals surface area contributed by atoms with Gasteiger partial charge >= 0.3 is 5.97 Å². The zero-order valence-corrected chi connectivity index (χ0v) is 7.75. The fourth-order valence-corrected chi connectivity index (χ4v) is 1.07. The minimum Gasteiger partial charge on any atom is -0.481 e. The van der Waals surface area contributed by atoms with E-state index in [0.717, 1.165) is 0 Å². The van der Waals surface area contributed by atoms with E-state index in [1.807, 2.05) is 0 Å². The fraction of sp³-hybridized carbons (Fsp3) is 0.222. The average molecular weight is 230 g/mol. The summed E-state index contributed by atoms with van der Waals surface area (Å²) < 4.78 is 37.4. The number of carboxylic acid groups (broad SMARTS) is 1. The minimum atomic E-state index is -3.10. The lowest BCUT2D eigenvalue weighted by atomic mass is 10.1. The highest BCUT2D eigenvalue weighted by Gasteiger charge is 2.19. The molecule has 0 radical (unpaired) electrons. The van der Waals surface area contributed by atoms with E-state index < -0.39 is 30.3 Å². The van der Waals surface area contributed by atoms with Crippen molar-refractivity contribution in [1.82, 2.24) is 4.98 Å². The van der Waals surface area contributed by atoms with Crippen LogP contribution < -0.4 is 0 Å². The van der Waals surface area contributed by atoms with Gasteiger partial charge in [0.1, 0.15) is 6.07 Å². The highest BCUT2D eigenvalue weighted by molar-refractivity contribution is 5.70. The molecular weight excluding hydrogens is 225 g/mol. The van der Waals surface area contributed by atoms with Gasteiger partial charge in [-0.25, -0.2) is 13.8 Å². The summed E-state index contributed by atoms with van der Waals surface area (Å²) in [5.41, 5.74) is -1.73. The Bertz CT molecular complexity index is 469. The van der Waals surface area contributed by atoms with E-state index in [2.05, 4.69) is 4.98 Å². The average Bonchev–Trinajstić information content (AvgIpc) is 2.16. The first-order valence-corrected chi connectivity index (χ1v) is 4.05. The Morgan fingerprint density at radius 1 is 1.62 bits per heavy atom. The second-order valence-electron chi connectivity index (χ2n) is 2.85. The third kappa shape index (κ3) is 2.48. The van der Waals surface area contributed by atoms with Crippen molar-refractivity contribution >= 4 is 5.97 Å². The third-order valence-electron chi connectivity index (χ3n) is 1.76. The zero-order valence-electron chi connectivity index (χ0n) is 7.75. The second-order valence-corrected chi connectivity index (χ2v) is 2.85. The molecule has 0 bridgehead atoms. The minimum absolute atomic E-state index is 0.362. The number of aromatic nitrogens is 1. The lowest BCUT2D eigenvalue weighted by molar-refractivity contribution is -0.136. The van der Waals surface area contributed by atoms with Gasteiger partial charge in [0.15, 0.2) is 0 Å². The predicted octanol–water partition coefficient (Wildman–Crippen LogP) is 1.66. The van der Waals surface area contributed by atoms with Crippen LogP contribution in [-0.2, 0) is 11.2 Å². The molecule has 1 N–H and O–H groups in total. The van der Waals surface area contributed by atoms with E-state index >= 15 is 0 Å². The van der Waals surface area contributed by atoms with Gasteiger partial charge in [-0.3, -0.25) is 4.79 Å². The topological polar surface area (TPSA) is 74.0 Å². The number of carboxylic acids is 1. The number of nitriles is 1. The van der Waals surface area contributed by atoms with Crippen molar-refractivity contribution in [2.45, 2.75) is 12.8 Å². The summed E-state index contributed by atoms with van der Waals surface area (Å²) in [4.78, 5) is 13.4. The van der Waals surface area contributed by atoms with Gasteiger partial charge in [-0.05, 0) is 6.07 Å². The quantitative estimate of drug-likeness (QED) is 0.801. The molecule has 0 atom stereocenters. The first kappa shape index (κ1) is 12.0. The maximum Gasteiger partial charge on any atom is 0.309 e. The van der Waals surface area contributed by atoms with Gasteiger partial charge in [-0.2, -0.15) is 9.65 Å². The number of nitrogens with zero attached hydrogens (tertiary/aromatic N) is 2. The van der Waals surface area contributed by atoms with E-state index in [1.165, 1.54) is 6.07 Å². The third-order valence-corrected chi connectivity index (χ3v) is 1.76. The number of alkyl halides is 2. The molecule has 4 nitrogen and oxygen atoms in total. The molecule has 1 aromatic heterocycles. The molecule has 0 fully saturated rings. The Morgan fingerprint density at radius 2 is 2.25 bits per heavy atom. The molecule has 0 aromatic carbocycles. The summed E-state index contributed by atoms with van der Waals surface area (Å²) in [6.45, 7) is 0. The van der Waals surface area contributed by atoms with Crippen LogP contribution in [0.25, 0.3) is 0 Å². The molecule has 0 aliphatic carbocycles. The van der Waals surface area contributed by atoms with Crippen LogP contribution >= 0.6 is 0 Å². The molecule has 0 aliphatic rings. The molecule has 84 valence electrons. The lowest BCUT2D eigenvalue weighted by Crippen LogP contribution is -2.08. The molecule has 7 heteroatoms. The normalized spacial score (nSPS) is 10.2. The molecule has 0 unspecified atom stereocenters. The SMILES string of the molecule is N#Cc1cc(C(F)F)c(F)nc1CC(=O)O. The first-order chi connectivity index (χ1) is 7.45. The summed E-state index contributed by atoms with van der Waals surface area (Å²) in [5, 5.41) is 17.0. The van der Waals surface area contributed by atoms with Gasteiger partial charge in [-0.15, -0.1) is 0 Å². The molecule has 0 saturated carbocycles. The van der Waals surface area contributed by atoms with Crippen LogP contribution in [0.4, 0.5) is 13.2 Å². The highest BCUT2D eigenvalue weighted by atomic mass is 19.3. The summed E-state index contributed by atoms with van der Waals surface area (Å²) in [7, 11) is 0. The first-order valence-electron chi connectivity index (χ1n) is 4.05. The molecule has 0 amide bonds. The Balaban J connectivity index is 3.27. The van der Waals surface area contributed by atoms with Crippen molar-refractivity contribution in [2.24, 2.45) is 0 Å². The van der Waals surface area contributed by atoms with Crippen molar-refractivity contribution in [3.63, 3.8) is 0 Å². The molecule has 0 spiro atoms. The van der Waals surface area contributed by atoms with E-state index in [4.69, 9.17) is 10.4 Å². The maximum atomic E-state index is 13.0. The van der Waals surface area contributed by atoms with Gasteiger partial charge < -0.3 is 5.11 Å². The smallest absolute Gasteiger partial charge is 0.309 e. The number of halogens is 3. The summed E-state index contributed by atoms with van der Waals surface area (Å²) >= 11 is 0. The summed E-state index contributed by atoms with van der Waals surface area (Å²) in [5.74, 6) is -2.78. The van der Waals surface area contributed by atoms with Crippen molar-refractivity contribution < 1.29 is 23.1 Å². The fourth-order valence-electron chi connectivity index (χ4n) is 1.07. The standard InChI is InChI=1S/C9H5F3N2O2/c10-8(11)5-1-4(3-13)6(2-7(15)16)14-9(5)12/h1,8H,2H2,(H,15,16). The van der Waals surface area contributed by atoms with Crippen molar-refractivity contribution in [1.29, 1.82) is 5.26 Å². The van der Waals surface area contributed by atoms with Gasteiger partial charge in [0.05, 0.1) is 23.2 Å². The van der Waals surface area contributed by atoms with Crippen molar-refractivity contribution in [2.75, 3.05) is 0 Å². The van der Waals surface area contributed by atoms with Gasteiger partial charge in [-0.1, -0.05) is 0 Å². The van der Waals surface area contributed by atoms with Crippen LogP contribution in [0.15, 0.2) is 6.07 Å². The molecule has 1 aromatic rings. The number of aliphatic carboxylic acids is 1. The van der Waals surface area contributed by atoms with E-state index in [9.17, 15) is 18.0 Å². The van der Waals surface area contributed by atoms with Crippen LogP contribution in [0.5, 0.6) is 0 Å². The van der Waals surface area contributed by atoms with Crippen LogP contribution in [0.2, 0.25) is 0 Å². The van der Waals surface area contributed by atoms with Crippen LogP contribution in [0, 0.1) is 17.3 Å². The summed E-state index contributed by atoms with van der Waals surface area (Å²) in [6, 6.07) is 2.11. The predicted molar refractivity (Wildman–Crippen MR) is 45.2 cm³/mol. The second kappa shape index (κ2) is 4.61. The molecule has 0 aliphatic heterocycles. The maximum absolute atomic E-state index is 13.0. The lowest BCUT2D eigenvalue weighted by Gasteiger charge is -2.05. The number of rotatable bonds is 3. The van der Waals surface area contributed by atoms with Crippen LogP contribution in [0.3, 0.4) is 0 Å². The molecule has 1 rings (SSSR count). The molecule has 1 heterocycles. The molecule has 0 saturated heterocycles. The van der Waals surface area contributed by atoms with E-state index in [0.29, 0.717) is 6.07 Å². The van der Waals surface area contributed by atoms with E-state index in [-0.39, 0.29) is 11.3 Å². The highest BCUT2D eigenvalue weighted by Crippen LogP contribution is 2.23. The Kier molecular flexibility index (Phi) is 3.45. The van der Waals surface area contributed by atoms with Gasteiger partial charge in [0.2, 0.25) is 5.95 Å².